The third-order valence-electron chi connectivity index (χ3n) is 5.00. The highest BCUT2D eigenvalue weighted by molar-refractivity contribution is 5.76. The maximum absolute atomic E-state index is 2.61. The maximum Gasteiger partial charge on any atom is 0.167 e. The predicted octanol–water partition coefficient (Wildman–Crippen LogP) is 4.78. The highest BCUT2D eigenvalue weighted by atomic mass is 15.6. The van der Waals surface area contributed by atoms with Crippen molar-refractivity contribution in [3.63, 3.8) is 0 Å². The van der Waals surface area contributed by atoms with Crippen LogP contribution in [0.25, 0.3) is 0 Å². The molecule has 20 heavy (non-hydrogen) atoms. The number of benzene rings is 1. The Morgan fingerprint density at radius 1 is 1.05 bits per heavy atom. The molecule has 1 aromatic carbocycles. The van der Waals surface area contributed by atoms with Crippen LogP contribution in [0.15, 0.2) is 24.3 Å². The molecule has 1 aliphatic rings. The second kappa shape index (κ2) is 4.49. The first-order valence-corrected chi connectivity index (χ1v) is 7.84. The normalized spacial score (nSPS) is 26.8. The SMILES string of the molecule is CC[N+]1(C(C)(C)C)c2ccccc2N(C(C)(C)C)C1C. The van der Waals surface area contributed by atoms with Gasteiger partial charge in [-0.1, -0.05) is 12.1 Å². The summed E-state index contributed by atoms with van der Waals surface area (Å²) in [7, 11) is 0. The van der Waals surface area contributed by atoms with Crippen LogP contribution in [0, 0.1) is 0 Å². The zero-order chi connectivity index (χ0) is 15.3. The molecule has 0 N–H and O–H groups in total. The number of rotatable bonds is 1. The Balaban J connectivity index is 2.74. The molecule has 2 rings (SSSR count). The topological polar surface area (TPSA) is 3.24 Å². The number of hydrogen-bond acceptors (Lipinski definition) is 1. The van der Waals surface area contributed by atoms with Crippen LogP contribution in [0.5, 0.6) is 0 Å². The first-order valence-electron chi connectivity index (χ1n) is 7.84. The molecule has 0 amide bonds. The number of nitrogens with zero attached hydrogens (tertiary/aromatic N) is 2. The Morgan fingerprint density at radius 2 is 1.60 bits per heavy atom. The van der Waals surface area contributed by atoms with E-state index in [4.69, 9.17) is 0 Å². The van der Waals surface area contributed by atoms with E-state index < -0.39 is 0 Å². The van der Waals surface area contributed by atoms with Gasteiger partial charge in [-0.3, -0.25) is 4.48 Å². The van der Waals surface area contributed by atoms with Gasteiger partial charge in [-0.25, -0.2) is 0 Å². The molecule has 0 spiro atoms. The van der Waals surface area contributed by atoms with Crippen LogP contribution in [-0.2, 0) is 0 Å². The van der Waals surface area contributed by atoms with Crippen LogP contribution < -0.4 is 9.38 Å². The summed E-state index contributed by atoms with van der Waals surface area (Å²) in [5.74, 6) is 0. The fourth-order valence-electron chi connectivity index (χ4n) is 4.36. The first kappa shape index (κ1) is 15.4. The Kier molecular flexibility index (Phi) is 3.45. The summed E-state index contributed by atoms with van der Waals surface area (Å²) in [6.45, 7) is 19.9. The monoisotopic (exact) mass is 275 g/mol. The molecule has 0 aromatic heterocycles. The minimum Gasteiger partial charge on any atom is -0.312 e. The average Bonchev–Trinajstić information content (AvgIpc) is 2.56. The van der Waals surface area contributed by atoms with Gasteiger partial charge in [0.25, 0.3) is 0 Å². The van der Waals surface area contributed by atoms with Gasteiger partial charge in [0.1, 0.15) is 5.69 Å². The van der Waals surface area contributed by atoms with Crippen LogP contribution in [0.3, 0.4) is 0 Å². The molecule has 0 saturated carbocycles. The summed E-state index contributed by atoms with van der Waals surface area (Å²) in [6.07, 6.45) is 0.456. The van der Waals surface area contributed by atoms with Gasteiger partial charge in [-0.15, -0.1) is 0 Å². The molecule has 0 fully saturated rings. The minimum absolute atomic E-state index is 0.135. The van der Waals surface area contributed by atoms with Crippen molar-refractivity contribution in [2.45, 2.75) is 72.6 Å². The van der Waals surface area contributed by atoms with E-state index in [1.165, 1.54) is 11.4 Å². The molecule has 2 nitrogen and oxygen atoms in total. The predicted molar refractivity (Wildman–Crippen MR) is 90.2 cm³/mol. The number of para-hydroxylation sites is 2. The Hall–Kier alpha value is -1.02. The van der Waals surface area contributed by atoms with Crippen molar-refractivity contribution in [2.24, 2.45) is 0 Å². The largest absolute Gasteiger partial charge is 0.312 e. The van der Waals surface area contributed by atoms with E-state index in [1.807, 2.05) is 0 Å². The van der Waals surface area contributed by atoms with Crippen molar-refractivity contribution in [3.05, 3.63) is 24.3 Å². The second-order valence-corrected chi connectivity index (χ2v) is 8.02. The van der Waals surface area contributed by atoms with E-state index >= 15 is 0 Å². The van der Waals surface area contributed by atoms with Crippen molar-refractivity contribution in [2.75, 3.05) is 11.4 Å². The van der Waals surface area contributed by atoms with E-state index in [9.17, 15) is 0 Å². The molecular weight excluding hydrogens is 244 g/mol. The molecule has 2 atom stereocenters. The maximum atomic E-state index is 2.61. The van der Waals surface area contributed by atoms with Crippen LogP contribution in [-0.4, -0.2) is 23.8 Å². The number of hydrogen-bond donors (Lipinski definition) is 0. The van der Waals surface area contributed by atoms with Crippen LogP contribution in [0.4, 0.5) is 11.4 Å². The number of quaternary nitrogens is 1. The van der Waals surface area contributed by atoms with Gasteiger partial charge in [0, 0.05) is 18.5 Å². The van der Waals surface area contributed by atoms with Gasteiger partial charge in [-0.2, -0.15) is 0 Å². The van der Waals surface area contributed by atoms with E-state index in [0.717, 1.165) is 11.0 Å². The van der Waals surface area contributed by atoms with Gasteiger partial charge in [-0.05, 0) is 54.5 Å². The molecule has 1 aromatic rings. The Bertz CT molecular complexity index is 493. The van der Waals surface area contributed by atoms with Gasteiger partial charge in [0.2, 0.25) is 0 Å². The van der Waals surface area contributed by atoms with E-state index in [0.29, 0.717) is 6.17 Å². The van der Waals surface area contributed by atoms with Crippen molar-refractivity contribution in [1.82, 2.24) is 4.48 Å². The molecule has 2 heteroatoms. The zero-order valence-corrected chi connectivity index (χ0v) is 14.5. The van der Waals surface area contributed by atoms with Crippen LogP contribution >= 0.6 is 0 Å². The van der Waals surface area contributed by atoms with Gasteiger partial charge >= 0.3 is 0 Å². The Labute approximate surface area is 125 Å². The molecule has 1 aliphatic heterocycles. The van der Waals surface area contributed by atoms with E-state index in [1.54, 1.807) is 0 Å². The smallest absolute Gasteiger partial charge is 0.167 e. The summed E-state index contributed by atoms with van der Waals surface area (Å²) in [5, 5.41) is 0. The lowest BCUT2D eigenvalue weighted by Gasteiger charge is -2.50. The highest BCUT2D eigenvalue weighted by Gasteiger charge is 2.56. The molecule has 0 aliphatic carbocycles. The fourth-order valence-corrected chi connectivity index (χ4v) is 4.36. The first-order chi connectivity index (χ1) is 9.07. The number of anilines is 1. The minimum atomic E-state index is 0.135. The molecular formula is C18H31N2+. The van der Waals surface area contributed by atoms with Crippen LogP contribution in [0.2, 0.25) is 0 Å². The van der Waals surface area contributed by atoms with Crippen molar-refractivity contribution in [1.29, 1.82) is 0 Å². The lowest BCUT2D eigenvalue weighted by atomic mass is 9.98. The summed E-state index contributed by atoms with van der Waals surface area (Å²) >= 11 is 0. The van der Waals surface area contributed by atoms with Crippen LogP contribution in [0.1, 0.15) is 55.4 Å². The quantitative estimate of drug-likeness (QED) is 0.667. The summed E-state index contributed by atoms with van der Waals surface area (Å²) in [4.78, 5) is 2.61. The van der Waals surface area contributed by atoms with E-state index in [2.05, 4.69) is 84.6 Å². The van der Waals surface area contributed by atoms with Crippen molar-refractivity contribution in [3.8, 4) is 0 Å². The van der Waals surface area contributed by atoms with Crippen molar-refractivity contribution >= 4 is 11.4 Å². The van der Waals surface area contributed by atoms with Gasteiger partial charge in [0.15, 0.2) is 11.9 Å². The molecule has 2 unspecified atom stereocenters. The molecule has 112 valence electrons. The average molecular weight is 275 g/mol. The third kappa shape index (κ3) is 1.88. The standard InChI is InChI=1S/C18H31N2/c1-9-20(18(6,7)8)14(2)19(17(3,4)5)15-12-10-11-13-16(15)20/h10-14H,9H2,1-8H3/q+1. The molecule has 0 saturated heterocycles. The molecule has 0 bridgehead atoms. The molecule has 0 radical (unpaired) electrons. The lowest BCUT2D eigenvalue weighted by molar-refractivity contribution is 0.106. The van der Waals surface area contributed by atoms with Gasteiger partial charge < -0.3 is 4.90 Å². The zero-order valence-electron chi connectivity index (χ0n) is 14.5. The Morgan fingerprint density at radius 3 is 2.05 bits per heavy atom. The lowest BCUT2D eigenvalue weighted by Crippen LogP contribution is -2.69. The number of fused-ring (bicyclic) bond motifs is 1. The van der Waals surface area contributed by atoms with Gasteiger partial charge in [0.05, 0.1) is 12.1 Å². The third-order valence-corrected chi connectivity index (χ3v) is 5.00. The summed E-state index contributed by atoms with van der Waals surface area (Å²) < 4.78 is 1.03. The second-order valence-electron chi connectivity index (χ2n) is 8.02. The highest BCUT2D eigenvalue weighted by Crippen LogP contribution is 2.51. The van der Waals surface area contributed by atoms with Crippen molar-refractivity contribution < 1.29 is 0 Å². The summed E-state index contributed by atoms with van der Waals surface area (Å²) in [6, 6.07) is 8.97. The summed E-state index contributed by atoms with van der Waals surface area (Å²) in [5.41, 5.74) is 3.20. The fraction of sp³-hybridized carbons (Fsp3) is 0.667. The van der Waals surface area contributed by atoms with E-state index in [-0.39, 0.29) is 11.1 Å². The molecule has 1 heterocycles.